The number of likely N-dealkylation sites (tertiary alicyclic amines) is 1. The zero-order valence-corrected chi connectivity index (χ0v) is 13.5. The van der Waals surface area contributed by atoms with E-state index in [4.69, 9.17) is 14.2 Å². The van der Waals surface area contributed by atoms with Gasteiger partial charge in [0.2, 0.25) is 5.76 Å². The topological polar surface area (TPSA) is 48.0 Å². The maximum absolute atomic E-state index is 12.8. The molecule has 2 aliphatic heterocycles. The van der Waals surface area contributed by atoms with Crippen LogP contribution in [-0.4, -0.2) is 37.7 Å². The van der Waals surface area contributed by atoms with E-state index in [1.165, 1.54) is 6.26 Å². The van der Waals surface area contributed by atoms with Gasteiger partial charge in [0.15, 0.2) is 0 Å². The van der Waals surface area contributed by atoms with E-state index in [1.54, 1.807) is 7.11 Å². The molecule has 1 aromatic carbocycles. The second-order valence-corrected chi connectivity index (χ2v) is 5.84. The minimum atomic E-state index is -0.0765. The van der Waals surface area contributed by atoms with Crippen molar-refractivity contribution in [2.24, 2.45) is 0 Å². The van der Waals surface area contributed by atoms with Gasteiger partial charge in [0.05, 0.1) is 13.2 Å². The molecule has 124 valence electrons. The number of nitrogens with zero attached hydrogens (tertiary/aromatic N) is 1. The average molecular weight is 317 g/mol. The quantitative estimate of drug-likeness (QED) is 0.860. The van der Waals surface area contributed by atoms with Crippen LogP contribution in [0.25, 0.3) is 0 Å². The van der Waals surface area contributed by atoms with Gasteiger partial charge < -0.3 is 19.1 Å². The fraction of sp³-hybridized carbons (Fsp3) is 0.500. The summed E-state index contributed by atoms with van der Waals surface area (Å²) in [5.74, 6) is 1.07. The standard InChI is InChI=1S/C18H23NO4/c1-21-15-8-6-14(7-9-15)16-5-3-2-4-10-19(16)18(20)17-13-22-11-12-23-17/h6-9,13,16H,2-5,10-12H2,1H3. The molecule has 1 saturated heterocycles. The number of benzene rings is 1. The molecule has 0 N–H and O–H groups in total. The fourth-order valence-electron chi connectivity index (χ4n) is 3.15. The Balaban J connectivity index is 1.84. The summed E-state index contributed by atoms with van der Waals surface area (Å²) in [5, 5.41) is 0. The van der Waals surface area contributed by atoms with Gasteiger partial charge in [-0.25, -0.2) is 0 Å². The zero-order chi connectivity index (χ0) is 16.1. The molecule has 5 nitrogen and oxygen atoms in total. The van der Waals surface area contributed by atoms with Gasteiger partial charge in [-0.2, -0.15) is 0 Å². The predicted molar refractivity (Wildman–Crippen MR) is 85.9 cm³/mol. The van der Waals surface area contributed by atoms with E-state index in [9.17, 15) is 4.79 Å². The summed E-state index contributed by atoms with van der Waals surface area (Å²) < 4.78 is 15.9. The van der Waals surface area contributed by atoms with Crippen molar-refractivity contribution in [2.75, 3.05) is 26.9 Å². The van der Waals surface area contributed by atoms with Crippen molar-refractivity contribution in [2.45, 2.75) is 31.7 Å². The van der Waals surface area contributed by atoms with Gasteiger partial charge >= 0.3 is 0 Å². The smallest absolute Gasteiger partial charge is 0.292 e. The number of carbonyl (C=O) groups excluding carboxylic acids is 1. The highest BCUT2D eigenvalue weighted by atomic mass is 16.6. The summed E-state index contributed by atoms with van der Waals surface area (Å²) in [5.41, 5.74) is 1.14. The van der Waals surface area contributed by atoms with Crippen LogP contribution < -0.4 is 4.74 Å². The monoisotopic (exact) mass is 317 g/mol. The van der Waals surface area contributed by atoms with E-state index in [0.29, 0.717) is 19.0 Å². The van der Waals surface area contributed by atoms with Gasteiger partial charge in [0, 0.05) is 6.54 Å². The number of hydrogen-bond donors (Lipinski definition) is 0. The summed E-state index contributed by atoms with van der Waals surface area (Å²) in [6, 6.07) is 8.05. The highest BCUT2D eigenvalue weighted by molar-refractivity contribution is 5.91. The molecule has 0 aliphatic carbocycles. The molecule has 0 saturated carbocycles. The van der Waals surface area contributed by atoms with Crippen molar-refractivity contribution < 1.29 is 19.0 Å². The lowest BCUT2D eigenvalue weighted by molar-refractivity contribution is -0.134. The lowest BCUT2D eigenvalue weighted by atomic mass is 10.0. The number of hydrogen-bond acceptors (Lipinski definition) is 4. The summed E-state index contributed by atoms with van der Waals surface area (Å²) in [7, 11) is 1.66. The van der Waals surface area contributed by atoms with Crippen molar-refractivity contribution in [1.82, 2.24) is 4.90 Å². The van der Waals surface area contributed by atoms with Crippen LogP contribution in [-0.2, 0) is 14.3 Å². The van der Waals surface area contributed by atoms with Gasteiger partial charge in [-0.15, -0.1) is 0 Å². The third-order valence-corrected chi connectivity index (χ3v) is 4.37. The first-order chi connectivity index (χ1) is 11.3. The van der Waals surface area contributed by atoms with E-state index in [0.717, 1.165) is 43.5 Å². The van der Waals surface area contributed by atoms with Crippen LogP contribution in [0.1, 0.15) is 37.3 Å². The fourth-order valence-corrected chi connectivity index (χ4v) is 3.15. The van der Waals surface area contributed by atoms with Crippen LogP contribution in [0.3, 0.4) is 0 Å². The van der Waals surface area contributed by atoms with Crippen LogP contribution in [0.15, 0.2) is 36.3 Å². The molecular formula is C18H23NO4. The third-order valence-electron chi connectivity index (χ3n) is 4.37. The molecule has 2 heterocycles. The average Bonchev–Trinajstić information content (AvgIpc) is 2.88. The first-order valence-electron chi connectivity index (χ1n) is 8.19. The second kappa shape index (κ2) is 7.40. The van der Waals surface area contributed by atoms with Gasteiger partial charge in [0.25, 0.3) is 5.91 Å². The Morgan fingerprint density at radius 1 is 1.17 bits per heavy atom. The van der Waals surface area contributed by atoms with E-state index in [1.807, 2.05) is 29.2 Å². The molecule has 23 heavy (non-hydrogen) atoms. The Hall–Kier alpha value is -2.17. The number of amides is 1. The van der Waals surface area contributed by atoms with Crippen molar-refractivity contribution in [3.63, 3.8) is 0 Å². The molecule has 1 unspecified atom stereocenters. The lowest BCUT2D eigenvalue weighted by Gasteiger charge is -2.31. The Morgan fingerprint density at radius 2 is 2.00 bits per heavy atom. The van der Waals surface area contributed by atoms with Crippen molar-refractivity contribution in [1.29, 1.82) is 0 Å². The number of rotatable bonds is 3. The molecule has 0 aromatic heterocycles. The van der Waals surface area contributed by atoms with Gasteiger partial charge in [0.1, 0.15) is 25.2 Å². The Kier molecular flexibility index (Phi) is 5.05. The summed E-state index contributed by atoms with van der Waals surface area (Å²) in [6.45, 7) is 1.67. The van der Waals surface area contributed by atoms with Gasteiger partial charge in [-0.05, 0) is 30.5 Å². The third kappa shape index (κ3) is 3.60. The molecule has 3 rings (SSSR count). The number of ether oxygens (including phenoxy) is 3. The maximum atomic E-state index is 12.8. The first-order valence-corrected chi connectivity index (χ1v) is 8.19. The van der Waals surface area contributed by atoms with Gasteiger partial charge in [-0.1, -0.05) is 25.0 Å². The van der Waals surface area contributed by atoms with Crippen LogP contribution in [0.2, 0.25) is 0 Å². The summed E-state index contributed by atoms with van der Waals surface area (Å²) >= 11 is 0. The van der Waals surface area contributed by atoms with E-state index in [2.05, 4.69) is 0 Å². The number of carbonyl (C=O) groups is 1. The highest BCUT2D eigenvalue weighted by Gasteiger charge is 2.30. The van der Waals surface area contributed by atoms with Crippen LogP contribution >= 0.6 is 0 Å². The van der Waals surface area contributed by atoms with Crippen molar-refractivity contribution >= 4 is 5.91 Å². The Bertz CT molecular complexity index is 567. The molecule has 1 amide bonds. The number of methoxy groups -OCH3 is 1. The lowest BCUT2D eigenvalue weighted by Crippen LogP contribution is -2.37. The van der Waals surface area contributed by atoms with Crippen molar-refractivity contribution in [3.8, 4) is 5.75 Å². The van der Waals surface area contributed by atoms with E-state index in [-0.39, 0.29) is 11.9 Å². The van der Waals surface area contributed by atoms with Crippen LogP contribution in [0.5, 0.6) is 5.75 Å². The normalized spacial score (nSPS) is 21.5. The maximum Gasteiger partial charge on any atom is 0.292 e. The molecule has 0 spiro atoms. The summed E-state index contributed by atoms with van der Waals surface area (Å²) in [4.78, 5) is 14.8. The molecule has 1 atom stereocenters. The largest absolute Gasteiger partial charge is 0.497 e. The molecular weight excluding hydrogens is 294 g/mol. The highest BCUT2D eigenvalue weighted by Crippen LogP contribution is 2.32. The molecule has 1 fully saturated rings. The Labute approximate surface area is 136 Å². The zero-order valence-electron chi connectivity index (χ0n) is 13.5. The molecule has 1 aromatic rings. The summed E-state index contributed by atoms with van der Waals surface area (Å²) in [6.07, 6.45) is 5.70. The predicted octanol–water partition coefficient (Wildman–Crippen LogP) is 3.03. The minimum absolute atomic E-state index is 0.0716. The molecule has 0 radical (unpaired) electrons. The van der Waals surface area contributed by atoms with E-state index >= 15 is 0 Å². The molecule has 0 bridgehead atoms. The van der Waals surface area contributed by atoms with E-state index < -0.39 is 0 Å². The molecule has 2 aliphatic rings. The molecule has 5 heteroatoms. The van der Waals surface area contributed by atoms with Crippen molar-refractivity contribution in [3.05, 3.63) is 41.9 Å². The van der Waals surface area contributed by atoms with Crippen LogP contribution in [0, 0.1) is 0 Å². The second-order valence-electron chi connectivity index (χ2n) is 5.84. The Morgan fingerprint density at radius 3 is 2.70 bits per heavy atom. The SMILES string of the molecule is COc1ccc(C2CCCCCN2C(=O)C2=COCCO2)cc1. The minimum Gasteiger partial charge on any atom is -0.497 e. The van der Waals surface area contributed by atoms with Gasteiger partial charge in [-0.3, -0.25) is 4.79 Å². The van der Waals surface area contributed by atoms with Crippen LogP contribution in [0.4, 0.5) is 0 Å². The first kappa shape index (κ1) is 15.7.